The number of amides is 1. The van der Waals surface area contributed by atoms with Crippen LogP contribution in [0.1, 0.15) is 15.9 Å². The lowest BCUT2D eigenvalue weighted by Crippen LogP contribution is -2.25. The summed E-state index contributed by atoms with van der Waals surface area (Å²) in [4.78, 5) is 11.4. The second-order valence-corrected chi connectivity index (χ2v) is 3.81. The average Bonchev–Trinajstić information content (AvgIpc) is 2.03. The highest BCUT2D eigenvalue weighted by Gasteiger charge is 2.07. The first kappa shape index (κ1) is 9.92. The van der Waals surface area contributed by atoms with Crippen LogP contribution in [-0.4, -0.2) is 16.4 Å². The van der Waals surface area contributed by atoms with Crippen molar-refractivity contribution < 1.29 is 9.00 Å². The molecule has 1 aromatic carbocycles. The second-order valence-electron chi connectivity index (χ2n) is 2.70. The van der Waals surface area contributed by atoms with Crippen molar-refractivity contribution in [3.8, 4) is 0 Å². The molecule has 0 spiro atoms. The van der Waals surface area contributed by atoms with Gasteiger partial charge in [0, 0.05) is 11.8 Å². The van der Waals surface area contributed by atoms with Gasteiger partial charge in [0.05, 0.1) is 0 Å². The average molecular weight is 197 g/mol. The summed E-state index contributed by atoms with van der Waals surface area (Å²) in [6.45, 7) is 1.84. The van der Waals surface area contributed by atoms with Gasteiger partial charge in [-0.2, -0.15) is 0 Å². The third-order valence-corrected chi connectivity index (χ3v) is 2.10. The first-order valence-electron chi connectivity index (χ1n) is 3.81. The normalized spacial score (nSPS) is 12.2. The molecule has 0 aliphatic carbocycles. The molecule has 0 saturated carbocycles. The van der Waals surface area contributed by atoms with Crippen LogP contribution in [0.25, 0.3) is 0 Å². The van der Waals surface area contributed by atoms with E-state index in [4.69, 9.17) is 0 Å². The summed E-state index contributed by atoms with van der Waals surface area (Å²) in [6, 6.07) is 7.18. The van der Waals surface area contributed by atoms with Gasteiger partial charge in [0.25, 0.3) is 5.91 Å². The number of carbonyl (C=O) groups excluding carboxylic acids is 1. The second kappa shape index (κ2) is 4.18. The van der Waals surface area contributed by atoms with E-state index >= 15 is 0 Å². The Labute approximate surface area is 79.7 Å². The van der Waals surface area contributed by atoms with Gasteiger partial charge in [0.15, 0.2) is 0 Å². The van der Waals surface area contributed by atoms with Crippen LogP contribution in [0.5, 0.6) is 0 Å². The Balaban J connectivity index is 2.89. The van der Waals surface area contributed by atoms with Crippen LogP contribution in [0.15, 0.2) is 24.3 Å². The molecule has 4 heteroatoms. The van der Waals surface area contributed by atoms with E-state index < -0.39 is 11.0 Å². The molecule has 0 fully saturated rings. The predicted molar refractivity (Wildman–Crippen MR) is 52.7 cm³/mol. The van der Waals surface area contributed by atoms with Gasteiger partial charge in [-0.3, -0.25) is 9.52 Å². The molecule has 70 valence electrons. The highest BCUT2D eigenvalue weighted by atomic mass is 32.2. The van der Waals surface area contributed by atoms with Gasteiger partial charge in [0.2, 0.25) is 0 Å². The molecule has 0 aromatic heterocycles. The molecule has 0 heterocycles. The Hall–Kier alpha value is -1.16. The van der Waals surface area contributed by atoms with Crippen molar-refractivity contribution >= 4 is 16.9 Å². The van der Waals surface area contributed by atoms with E-state index in [1.807, 2.05) is 19.1 Å². The molecule has 13 heavy (non-hydrogen) atoms. The first-order chi connectivity index (χ1) is 6.11. The highest BCUT2D eigenvalue weighted by Crippen LogP contribution is 2.06. The van der Waals surface area contributed by atoms with E-state index in [1.54, 1.807) is 12.1 Å². The SMILES string of the molecule is Cc1ccccc1C(=O)NS(C)=O. The molecule has 0 saturated heterocycles. The Kier molecular flexibility index (Phi) is 3.19. The summed E-state index contributed by atoms with van der Waals surface area (Å²) in [5, 5.41) is 0. The molecule has 1 amide bonds. The van der Waals surface area contributed by atoms with Crippen LogP contribution in [0.4, 0.5) is 0 Å². The Morgan fingerprint density at radius 3 is 2.54 bits per heavy atom. The fourth-order valence-corrected chi connectivity index (χ4v) is 1.38. The number of rotatable bonds is 2. The van der Waals surface area contributed by atoms with E-state index in [2.05, 4.69) is 4.72 Å². The van der Waals surface area contributed by atoms with Crippen LogP contribution >= 0.6 is 0 Å². The summed E-state index contributed by atoms with van der Waals surface area (Å²) >= 11 is 0. The van der Waals surface area contributed by atoms with Gasteiger partial charge in [-0.1, -0.05) is 18.2 Å². The maximum absolute atomic E-state index is 11.4. The lowest BCUT2D eigenvalue weighted by atomic mass is 10.1. The van der Waals surface area contributed by atoms with Gasteiger partial charge in [-0.05, 0) is 18.6 Å². The molecule has 0 aliphatic heterocycles. The molecule has 1 atom stereocenters. The minimum atomic E-state index is -1.30. The van der Waals surface area contributed by atoms with Gasteiger partial charge in [0.1, 0.15) is 11.0 Å². The monoisotopic (exact) mass is 197 g/mol. The smallest absolute Gasteiger partial charge is 0.263 e. The summed E-state index contributed by atoms with van der Waals surface area (Å²) < 4.78 is 13.1. The Bertz CT molecular complexity index is 349. The molecule has 3 nitrogen and oxygen atoms in total. The van der Waals surface area contributed by atoms with Crippen LogP contribution < -0.4 is 4.72 Å². The fourth-order valence-electron chi connectivity index (χ4n) is 1.01. The zero-order valence-electron chi connectivity index (χ0n) is 7.53. The van der Waals surface area contributed by atoms with Gasteiger partial charge >= 0.3 is 0 Å². The first-order valence-corrected chi connectivity index (χ1v) is 5.37. The lowest BCUT2D eigenvalue weighted by molar-refractivity contribution is 0.0982. The number of benzene rings is 1. The topological polar surface area (TPSA) is 46.2 Å². The van der Waals surface area contributed by atoms with E-state index in [0.717, 1.165) is 5.56 Å². The molecular weight excluding hydrogens is 186 g/mol. The largest absolute Gasteiger partial charge is 0.271 e. The molecule has 1 N–H and O–H groups in total. The molecular formula is C9H11NO2S. The van der Waals surface area contributed by atoms with Crippen LogP contribution in [0, 0.1) is 6.92 Å². The molecule has 1 unspecified atom stereocenters. The number of hydrogen-bond donors (Lipinski definition) is 1. The fraction of sp³-hybridized carbons (Fsp3) is 0.222. The quantitative estimate of drug-likeness (QED) is 0.769. The Morgan fingerprint density at radius 1 is 1.38 bits per heavy atom. The number of aryl methyl sites for hydroxylation is 1. The van der Waals surface area contributed by atoms with Crippen molar-refractivity contribution in [2.24, 2.45) is 0 Å². The minimum Gasteiger partial charge on any atom is -0.271 e. The predicted octanol–water partition coefficient (Wildman–Crippen LogP) is 1.02. The van der Waals surface area contributed by atoms with Crippen molar-refractivity contribution in [1.82, 2.24) is 4.72 Å². The van der Waals surface area contributed by atoms with E-state index in [1.165, 1.54) is 6.26 Å². The summed E-state index contributed by atoms with van der Waals surface area (Å²) in [6.07, 6.45) is 1.43. The Morgan fingerprint density at radius 2 is 2.00 bits per heavy atom. The standard InChI is InChI=1S/C9H11NO2S/c1-7-5-3-4-6-8(7)9(11)10-13(2)12/h3-6H,1-2H3,(H,10,11). The number of hydrogen-bond acceptors (Lipinski definition) is 2. The van der Waals surface area contributed by atoms with E-state index in [0.29, 0.717) is 5.56 Å². The van der Waals surface area contributed by atoms with Crippen molar-refractivity contribution in [2.45, 2.75) is 6.92 Å². The number of nitrogens with one attached hydrogen (secondary N) is 1. The molecule has 1 rings (SSSR count). The molecule has 1 aromatic rings. The van der Waals surface area contributed by atoms with Crippen molar-refractivity contribution in [3.05, 3.63) is 35.4 Å². The third-order valence-electron chi connectivity index (χ3n) is 1.63. The third kappa shape index (κ3) is 2.66. The van der Waals surface area contributed by atoms with Crippen molar-refractivity contribution in [1.29, 1.82) is 0 Å². The molecule has 0 aliphatic rings. The van der Waals surface area contributed by atoms with Crippen molar-refractivity contribution in [2.75, 3.05) is 6.26 Å². The van der Waals surface area contributed by atoms with Gasteiger partial charge in [-0.25, -0.2) is 4.21 Å². The van der Waals surface area contributed by atoms with Crippen LogP contribution in [0.3, 0.4) is 0 Å². The molecule has 0 bridgehead atoms. The van der Waals surface area contributed by atoms with Gasteiger partial charge in [-0.15, -0.1) is 0 Å². The maximum atomic E-state index is 11.4. The minimum absolute atomic E-state index is 0.293. The summed E-state index contributed by atoms with van der Waals surface area (Å²) in [5.74, 6) is -0.293. The summed E-state index contributed by atoms with van der Waals surface area (Å²) in [5.41, 5.74) is 1.45. The zero-order chi connectivity index (χ0) is 9.84. The lowest BCUT2D eigenvalue weighted by Gasteiger charge is -2.03. The number of carbonyl (C=O) groups is 1. The van der Waals surface area contributed by atoms with Crippen molar-refractivity contribution in [3.63, 3.8) is 0 Å². The van der Waals surface area contributed by atoms with E-state index in [9.17, 15) is 9.00 Å². The summed E-state index contributed by atoms with van der Waals surface area (Å²) in [7, 11) is -1.30. The van der Waals surface area contributed by atoms with Crippen LogP contribution in [0.2, 0.25) is 0 Å². The molecule has 0 radical (unpaired) electrons. The zero-order valence-corrected chi connectivity index (χ0v) is 8.35. The van der Waals surface area contributed by atoms with E-state index in [-0.39, 0.29) is 5.91 Å². The maximum Gasteiger partial charge on any atom is 0.263 e. The van der Waals surface area contributed by atoms with Gasteiger partial charge < -0.3 is 0 Å². The highest BCUT2D eigenvalue weighted by molar-refractivity contribution is 7.82. The van der Waals surface area contributed by atoms with Crippen LogP contribution in [-0.2, 0) is 11.0 Å².